The molecule has 1 atom stereocenters. The van der Waals surface area contributed by atoms with Crippen molar-refractivity contribution in [3.05, 3.63) is 60.2 Å². The number of nitrogens with one attached hydrogen (secondary N) is 1. The number of pyridine rings is 1. The Morgan fingerprint density at radius 1 is 1.04 bits per heavy atom. The number of aromatic nitrogens is 2. The molecule has 4 nitrogen and oxygen atoms in total. The van der Waals surface area contributed by atoms with E-state index >= 15 is 0 Å². The summed E-state index contributed by atoms with van der Waals surface area (Å²) in [6, 6.07) is 12.2. The zero-order valence-electron chi connectivity index (χ0n) is 15.6. The zero-order chi connectivity index (χ0) is 18.5. The van der Waals surface area contributed by atoms with Crippen LogP contribution in [0.15, 0.2) is 53.2 Å². The van der Waals surface area contributed by atoms with Crippen LogP contribution in [-0.4, -0.2) is 15.7 Å². The van der Waals surface area contributed by atoms with Crippen LogP contribution in [0.3, 0.4) is 0 Å². The zero-order valence-corrected chi connectivity index (χ0v) is 15.6. The number of aryl methyl sites for hydroxylation is 2. The number of oxazole rings is 1. The van der Waals surface area contributed by atoms with Crippen LogP contribution in [0.5, 0.6) is 0 Å². The monoisotopic (exact) mass is 347 g/mol. The van der Waals surface area contributed by atoms with Gasteiger partial charge in [0, 0.05) is 23.7 Å². The molecule has 134 valence electrons. The molecule has 0 amide bonds. The third-order valence-electron chi connectivity index (χ3n) is 4.88. The Balaban J connectivity index is 1.73. The minimum absolute atomic E-state index is 0.336. The first-order valence-electron chi connectivity index (χ1n) is 9.13. The molecule has 0 saturated heterocycles. The Morgan fingerprint density at radius 2 is 1.65 bits per heavy atom. The summed E-state index contributed by atoms with van der Waals surface area (Å²) in [5.41, 5.74) is 4.99. The summed E-state index contributed by atoms with van der Waals surface area (Å²) >= 11 is 0. The maximum Gasteiger partial charge on any atom is 0.226 e. The van der Waals surface area contributed by atoms with Gasteiger partial charge in [-0.3, -0.25) is 4.98 Å². The predicted octanol–water partition coefficient (Wildman–Crippen LogP) is 5.71. The number of rotatable bonds is 7. The minimum atomic E-state index is 0.336. The van der Waals surface area contributed by atoms with Crippen LogP contribution in [0.1, 0.15) is 38.1 Å². The highest BCUT2D eigenvalue weighted by molar-refractivity contribution is 5.83. The summed E-state index contributed by atoms with van der Waals surface area (Å²) in [5.74, 6) is 1.83. The summed E-state index contributed by atoms with van der Waals surface area (Å²) in [6.07, 6.45) is 6.09. The van der Waals surface area contributed by atoms with Crippen molar-refractivity contribution in [3.8, 4) is 22.6 Å². The lowest BCUT2D eigenvalue weighted by molar-refractivity contribution is 0.539. The second-order valence-corrected chi connectivity index (χ2v) is 6.67. The lowest BCUT2D eigenvalue weighted by atomic mass is 9.98. The van der Waals surface area contributed by atoms with Gasteiger partial charge in [0.2, 0.25) is 5.89 Å². The van der Waals surface area contributed by atoms with Gasteiger partial charge in [0.15, 0.2) is 0 Å². The first-order chi connectivity index (χ1) is 12.6. The van der Waals surface area contributed by atoms with E-state index in [9.17, 15) is 0 Å². The van der Waals surface area contributed by atoms with Gasteiger partial charge in [-0.15, -0.1) is 0 Å². The second kappa shape index (κ2) is 8.09. The molecule has 0 radical (unpaired) electrons. The van der Waals surface area contributed by atoms with Crippen molar-refractivity contribution in [2.45, 2.75) is 40.0 Å². The number of hydrogen-bond donors (Lipinski definition) is 1. The molecule has 0 fully saturated rings. The fraction of sp³-hybridized carbons (Fsp3) is 0.318. The molecule has 0 aliphatic rings. The van der Waals surface area contributed by atoms with Gasteiger partial charge in [-0.1, -0.05) is 26.0 Å². The summed E-state index contributed by atoms with van der Waals surface area (Å²) in [4.78, 5) is 8.72. The van der Waals surface area contributed by atoms with Crippen molar-refractivity contribution >= 4 is 5.71 Å². The van der Waals surface area contributed by atoms with Crippen LogP contribution in [0, 0.1) is 18.3 Å². The highest BCUT2D eigenvalue weighted by Gasteiger charge is 2.14. The van der Waals surface area contributed by atoms with E-state index in [0.717, 1.165) is 53.1 Å². The summed E-state index contributed by atoms with van der Waals surface area (Å²) in [7, 11) is 0. The van der Waals surface area contributed by atoms with Crippen LogP contribution in [0.25, 0.3) is 22.6 Å². The fourth-order valence-corrected chi connectivity index (χ4v) is 2.88. The Bertz CT molecular complexity index is 866. The van der Waals surface area contributed by atoms with E-state index in [2.05, 4.69) is 35.9 Å². The van der Waals surface area contributed by atoms with Crippen molar-refractivity contribution in [1.29, 1.82) is 5.41 Å². The van der Waals surface area contributed by atoms with E-state index in [1.54, 1.807) is 12.4 Å². The molecule has 0 aliphatic heterocycles. The topological polar surface area (TPSA) is 62.8 Å². The third-order valence-corrected chi connectivity index (χ3v) is 4.88. The quantitative estimate of drug-likeness (QED) is 0.557. The van der Waals surface area contributed by atoms with E-state index < -0.39 is 0 Å². The largest absolute Gasteiger partial charge is 0.441 e. The standard InChI is InChI=1S/C22H25N3O/c1-4-15(2)20(23)9-10-21-16(3)26-22(25-21)19-7-5-17(6-8-19)18-11-13-24-14-12-18/h5-8,11-15,23H,4,9-10H2,1-3H3. The molecule has 3 rings (SSSR count). The number of nitrogens with zero attached hydrogens (tertiary/aromatic N) is 2. The smallest absolute Gasteiger partial charge is 0.226 e. The first kappa shape index (κ1) is 18.1. The van der Waals surface area contributed by atoms with Gasteiger partial charge in [0.05, 0.1) is 5.69 Å². The molecule has 2 aromatic heterocycles. The van der Waals surface area contributed by atoms with Crippen LogP contribution >= 0.6 is 0 Å². The Hall–Kier alpha value is -2.75. The van der Waals surface area contributed by atoms with Crippen LogP contribution < -0.4 is 0 Å². The van der Waals surface area contributed by atoms with Crippen LogP contribution in [0.2, 0.25) is 0 Å². The van der Waals surface area contributed by atoms with Crippen LogP contribution in [0.4, 0.5) is 0 Å². The maximum absolute atomic E-state index is 8.13. The first-order valence-corrected chi connectivity index (χ1v) is 9.13. The molecular formula is C22H25N3O. The number of hydrogen-bond acceptors (Lipinski definition) is 4. The van der Waals surface area contributed by atoms with Gasteiger partial charge >= 0.3 is 0 Å². The Kier molecular flexibility index (Phi) is 5.61. The Morgan fingerprint density at radius 3 is 2.31 bits per heavy atom. The predicted molar refractivity (Wildman–Crippen MR) is 105 cm³/mol. The molecule has 0 spiro atoms. The van der Waals surface area contributed by atoms with Gasteiger partial charge in [-0.25, -0.2) is 4.98 Å². The van der Waals surface area contributed by atoms with Gasteiger partial charge in [0.1, 0.15) is 5.76 Å². The fourth-order valence-electron chi connectivity index (χ4n) is 2.88. The van der Waals surface area contributed by atoms with Gasteiger partial charge in [-0.05, 0) is 67.5 Å². The van der Waals surface area contributed by atoms with Crippen molar-refractivity contribution < 1.29 is 4.42 Å². The van der Waals surface area contributed by atoms with Crippen molar-refractivity contribution in [3.63, 3.8) is 0 Å². The molecule has 3 aromatic rings. The van der Waals surface area contributed by atoms with E-state index in [1.807, 2.05) is 31.2 Å². The van der Waals surface area contributed by atoms with E-state index in [4.69, 9.17) is 9.83 Å². The maximum atomic E-state index is 8.13. The molecule has 0 aliphatic carbocycles. The highest BCUT2D eigenvalue weighted by atomic mass is 16.4. The molecule has 1 aromatic carbocycles. The lowest BCUT2D eigenvalue weighted by Crippen LogP contribution is -2.10. The molecule has 26 heavy (non-hydrogen) atoms. The molecule has 2 heterocycles. The molecule has 1 unspecified atom stereocenters. The normalized spacial score (nSPS) is 12.1. The van der Waals surface area contributed by atoms with Gasteiger partial charge in [0.25, 0.3) is 0 Å². The Labute approximate surface area is 154 Å². The molecular weight excluding hydrogens is 322 g/mol. The minimum Gasteiger partial charge on any atom is -0.441 e. The number of benzene rings is 1. The molecule has 1 N–H and O–H groups in total. The highest BCUT2D eigenvalue weighted by Crippen LogP contribution is 2.26. The SMILES string of the molecule is CCC(C)C(=N)CCc1nc(-c2ccc(-c3ccncc3)cc2)oc1C. The van der Waals surface area contributed by atoms with Crippen molar-refractivity contribution in [2.75, 3.05) is 0 Å². The molecule has 4 heteroatoms. The summed E-state index contributed by atoms with van der Waals surface area (Å²) in [5, 5.41) is 8.13. The van der Waals surface area contributed by atoms with Crippen molar-refractivity contribution in [2.24, 2.45) is 5.92 Å². The average molecular weight is 347 g/mol. The van der Waals surface area contributed by atoms with E-state index in [0.29, 0.717) is 11.8 Å². The van der Waals surface area contributed by atoms with E-state index in [1.165, 1.54) is 0 Å². The van der Waals surface area contributed by atoms with Gasteiger partial charge < -0.3 is 9.83 Å². The average Bonchev–Trinajstić information content (AvgIpc) is 3.07. The van der Waals surface area contributed by atoms with Gasteiger partial charge in [-0.2, -0.15) is 0 Å². The lowest BCUT2D eigenvalue weighted by Gasteiger charge is -2.09. The molecule has 0 saturated carbocycles. The second-order valence-electron chi connectivity index (χ2n) is 6.67. The van der Waals surface area contributed by atoms with Crippen molar-refractivity contribution in [1.82, 2.24) is 9.97 Å². The van der Waals surface area contributed by atoms with Crippen LogP contribution in [-0.2, 0) is 6.42 Å². The summed E-state index contributed by atoms with van der Waals surface area (Å²) in [6.45, 7) is 6.17. The molecule has 0 bridgehead atoms. The van der Waals surface area contributed by atoms with E-state index in [-0.39, 0.29) is 0 Å². The third kappa shape index (κ3) is 4.07. The summed E-state index contributed by atoms with van der Waals surface area (Å²) < 4.78 is 5.87.